The number of hydrogen-bond acceptors (Lipinski definition) is 5. The number of alkyl halides is 6. The van der Waals surface area contributed by atoms with Gasteiger partial charge in [0.1, 0.15) is 11.5 Å². The Labute approximate surface area is 171 Å². The lowest BCUT2D eigenvalue weighted by Crippen LogP contribution is -2.20. The summed E-state index contributed by atoms with van der Waals surface area (Å²) in [6.07, 6.45) is -9.88. The van der Waals surface area contributed by atoms with Crippen molar-refractivity contribution in [1.29, 1.82) is 0 Å². The Morgan fingerprint density at radius 1 is 1.13 bits per heavy atom. The Balaban J connectivity index is 0.00000544. The Morgan fingerprint density at radius 3 is 2.37 bits per heavy atom. The van der Waals surface area contributed by atoms with Crippen LogP contribution in [0.3, 0.4) is 0 Å². The standard InChI is InChI=1S/C18H12F6O5.CH4/c1-10-8-13(6-7-14(10)16(26)27-9-17(19,20)21)28-15(25)11-2-4-12(5-3-11)29-18(22,23)24;/h2-8H,9H2,1H3;1H4/i2D,4H,8T;. The van der Waals surface area contributed by atoms with Crippen molar-refractivity contribution in [1.82, 2.24) is 0 Å². The highest BCUT2D eigenvalue weighted by Gasteiger charge is 2.31. The van der Waals surface area contributed by atoms with Gasteiger partial charge in [-0.1, -0.05) is 7.43 Å². The fourth-order valence-electron chi connectivity index (χ4n) is 1.91. The molecule has 164 valence electrons. The van der Waals surface area contributed by atoms with Gasteiger partial charge < -0.3 is 14.2 Å². The molecular weight excluding hydrogens is 422 g/mol. The van der Waals surface area contributed by atoms with E-state index < -0.39 is 66.3 Å². The maximum Gasteiger partial charge on any atom is 0.573 e. The Hall–Kier alpha value is -3.24. The number of rotatable bonds is 5. The molecule has 0 aliphatic heterocycles. The molecule has 2 rings (SSSR count). The van der Waals surface area contributed by atoms with E-state index in [1.807, 2.05) is 0 Å². The second-order valence-corrected chi connectivity index (χ2v) is 5.35. The first-order valence-electron chi connectivity index (χ1n) is 9.03. The number of halogens is 6. The van der Waals surface area contributed by atoms with Crippen molar-refractivity contribution in [3.63, 3.8) is 0 Å². The molecule has 2 aromatic rings. The highest BCUT2D eigenvalue weighted by Crippen LogP contribution is 2.24. The minimum atomic E-state index is -5.12. The quantitative estimate of drug-likeness (QED) is 0.350. The van der Waals surface area contributed by atoms with E-state index >= 15 is 0 Å². The molecule has 0 aliphatic carbocycles. The lowest BCUT2D eigenvalue weighted by atomic mass is 10.1. The summed E-state index contributed by atoms with van der Waals surface area (Å²) < 4.78 is 109. The molecule has 0 saturated carbocycles. The zero-order valence-electron chi connectivity index (χ0n) is 17.3. The second-order valence-electron chi connectivity index (χ2n) is 5.35. The number of ether oxygens (including phenoxy) is 3. The Morgan fingerprint density at radius 2 is 1.77 bits per heavy atom. The van der Waals surface area contributed by atoms with Crippen molar-refractivity contribution in [3.05, 3.63) is 59.1 Å². The molecule has 0 N–H and O–H groups in total. The van der Waals surface area contributed by atoms with Gasteiger partial charge in [-0.3, -0.25) is 0 Å². The molecule has 5 nitrogen and oxygen atoms in total. The molecule has 0 saturated heterocycles. The molecule has 0 aliphatic rings. The van der Waals surface area contributed by atoms with Gasteiger partial charge in [0.05, 0.1) is 15.2 Å². The highest BCUT2D eigenvalue weighted by atomic mass is 19.4. The van der Waals surface area contributed by atoms with Gasteiger partial charge in [0.2, 0.25) is 0 Å². The maximum atomic E-state index is 12.3. The van der Waals surface area contributed by atoms with E-state index in [0.29, 0.717) is 6.07 Å². The molecular formula is C19H16F6O5. The van der Waals surface area contributed by atoms with Crippen LogP contribution < -0.4 is 9.47 Å². The summed E-state index contributed by atoms with van der Waals surface area (Å²) in [5.41, 5.74) is -1.18. The third-order valence-electron chi connectivity index (χ3n) is 3.07. The zero-order valence-corrected chi connectivity index (χ0v) is 14.3. The number of hydrogen-bond donors (Lipinski definition) is 0. The van der Waals surface area contributed by atoms with Crippen molar-refractivity contribution >= 4 is 11.9 Å². The van der Waals surface area contributed by atoms with E-state index in [1.165, 1.54) is 6.92 Å². The predicted molar refractivity (Wildman–Crippen MR) is 92.3 cm³/mol. The smallest absolute Gasteiger partial charge is 0.452 e. The van der Waals surface area contributed by atoms with Gasteiger partial charge in [0.15, 0.2) is 6.61 Å². The first-order valence-corrected chi connectivity index (χ1v) is 7.53. The van der Waals surface area contributed by atoms with Crippen LogP contribution >= 0.6 is 0 Å². The first-order chi connectivity index (χ1) is 14.6. The van der Waals surface area contributed by atoms with Crippen LogP contribution in [0.15, 0.2) is 42.4 Å². The van der Waals surface area contributed by atoms with E-state index in [4.69, 9.17) is 8.85 Å². The third-order valence-corrected chi connectivity index (χ3v) is 3.07. The van der Waals surface area contributed by atoms with E-state index in [2.05, 4.69) is 9.47 Å². The molecule has 11 heteroatoms. The van der Waals surface area contributed by atoms with Gasteiger partial charge >= 0.3 is 24.5 Å². The minimum absolute atomic E-state index is 0. The molecule has 0 heterocycles. The average Bonchev–Trinajstić information content (AvgIpc) is 2.66. The molecule has 0 radical (unpaired) electrons. The van der Waals surface area contributed by atoms with Crippen molar-refractivity contribution in [2.24, 2.45) is 0 Å². The molecule has 0 fully saturated rings. The maximum absolute atomic E-state index is 12.3. The van der Waals surface area contributed by atoms with Crippen molar-refractivity contribution in [3.8, 4) is 11.5 Å². The minimum Gasteiger partial charge on any atom is -0.452 e. The molecule has 0 bridgehead atoms. The number of benzene rings is 2. The van der Waals surface area contributed by atoms with Crippen LogP contribution in [0, 0.1) is 6.92 Å². The summed E-state index contributed by atoms with van der Waals surface area (Å²) in [7, 11) is 0. The summed E-state index contributed by atoms with van der Waals surface area (Å²) in [5.74, 6) is -4.14. The van der Waals surface area contributed by atoms with Crippen LogP contribution in [0.25, 0.3) is 0 Å². The lowest BCUT2D eigenvalue weighted by Gasteiger charge is -2.11. The van der Waals surface area contributed by atoms with Gasteiger partial charge in [-0.15, -0.1) is 13.2 Å². The Kier molecular flexibility index (Phi) is 6.35. The zero-order chi connectivity index (χ0) is 24.4. The number of carbonyl (C=O) groups is 2. The van der Waals surface area contributed by atoms with Gasteiger partial charge in [-0.2, -0.15) is 13.2 Å². The second kappa shape index (κ2) is 9.51. The summed E-state index contributed by atoms with van der Waals surface area (Å²) in [6.45, 7) is -0.657. The van der Waals surface area contributed by atoms with E-state index in [9.17, 15) is 35.9 Å². The lowest BCUT2D eigenvalue weighted by molar-refractivity contribution is -0.274. The monoisotopic (exact) mass is 441 g/mol. The molecule has 0 atom stereocenters. The summed E-state index contributed by atoms with van der Waals surface area (Å²) >= 11 is 0. The molecule has 0 unspecified atom stereocenters. The normalized spacial score (nSPS) is 12.7. The molecule has 0 aromatic heterocycles. The van der Waals surface area contributed by atoms with Gasteiger partial charge in [-0.05, 0) is 54.9 Å². The first kappa shape index (κ1) is 20.0. The van der Waals surface area contributed by atoms with Gasteiger partial charge in [-0.25, -0.2) is 9.59 Å². The summed E-state index contributed by atoms with van der Waals surface area (Å²) in [4.78, 5) is 24.1. The predicted octanol–water partition coefficient (Wildman–Crippen LogP) is 5.47. The van der Waals surface area contributed by atoms with Crippen LogP contribution in [-0.2, 0) is 4.74 Å². The molecule has 30 heavy (non-hydrogen) atoms. The van der Waals surface area contributed by atoms with Crippen LogP contribution in [0.2, 0.25) is 0 Å². The Bertz CT molecular complexity index is 1050. The van der Waals surface area contributed by atoms with E-state index in [1.54, 1.807) is 0 Å². The largest absolute Gasteiger partial charge is 0.573 e. The summed E-state index contributed by atoms with van der Waals surface area (Å²) in [5, 5.41) is 0. The van der Waals surface area contributed by atoms with Crippen LogP contribution in [0.5, 0.6) is 11.5 Å². The summed E-state index contributed by atoms with van der Waals surface area (Å²) in [6, 6.07) is 0.722. The van der Waals surface area contributed by atoms with E-state index in [0.717, 1.165) is 18.2 Å². The van der Waals surface area contributed by atoms with Crippen LogP contribution in [0.1, 0.15) is 37.8 Å². The van der Waals surface area contributed by atoms with Crippen molar-refractivity contribution in [2.75, 3.05) is 6.61 Å². The third kappa shape index (κ3) is 7.64. The van der Waals surface area contributed by atoms with Gasteiger partial charge in [0.25, 0.3) is 0 Å². The topological polar surface area (TPSA) is 61.8 Å². The van der Waals surface area contributed by atoms with Crippen molar-refractivity contribution in [2.45, 2.75) is 26.9 Å². The average molecular weight is 441 g/mol. The van der Waals surface area contributed by atoms with Crippen LogP contribution in [-0.4, -0.2) is 31.1 Å². The fourth-order valence-corrected chi connectivity index (χ4v) is 1.91. The molecule has 2 aromatic carbocycles. The highest BCUT2D eigenvalue weighted by molar-refractivity contribution is 5.93. The fraction of sp³-hybridized carbons (Fsp3) is 0.263. The van der Waals surface area contributed by atoms with Gasteiger partial charge in [0, 0.05) is 0 Å². The SMILES string of the molecule is C.[1H]c1c(OC(F)(F)F)ccc(C(=O)Oc2ccc(C(=O)OCC(F)(F)F)c(C)c2[3H])c1[2H]. The number of carbonyl (C=O) groups excluding carboxylic acids is 2. The van der Waals surface area contributed by atoms with Crippen LogP contribution in [0.4, 0.5) is 26.3 Å². The molecule has 0 spiro atoms. The van der Waals surface area contributed by atoms with Crippen molar-refractivity contribution < 1.29 is 54.3 Å². The number of esters is 2. The van der Waals surface area contributed by atoms with E-state index in [-0.39, 0.29) is 18.6 Å². The molecule has 0 amide bonds.